The van der Waals surface area contributed by atoms with Crippen LogP contribution < -0.4 is 5.32 Å². The second-order valence-electron chi connectivity index (χ2n) is 5.81. The summed E-state index contributed by atoms with van der Waals surface area (Å²) in [6.07, 6.45) is 2.07. The van der Waals surface area contributed by atoms with Gasteiger partial charge in [-0.15, -0.1) is 0 Å². The van der Waals surface area contributed by atoms with Crippen LogP contribution in [0.5, 0.6) is 0 Å². The van der Waals surface area contributed by atoms with Gasteiger partial charge in [-0.25, -0.2) is 4.79 Å². The fraction of sp³-hybridized carbons (Fsp3) is 0.500. The molecule has 1 N–H and O–H groups in total. The van der Waals surface area contributed by atoms with E-state index >= 15 is 0 Å². The van der Waals surface area contributed by atoms with E-state index in [4.69, 9.17) is 4.74 Å². The first-order valence-corrected chi connectivity index (χ1v) is 7.44. The van der Waals surface area contributed by atoms with E-state index in [2.05, 4.69) is 5.32 Å². The molecule has 1 aromatic rings. The van der Waals surface area contributed by atoms with Crippen LogP contribution in [0, 0.1) is 5.41 Å². The summed E-state index contributed by atoms with van der Waals surface area (Å²) in [7, 11) is 0. The molecule has 5 heteroatoms. The smallest absolute Gasteiger partial charge is 0.410 e. The summed E-state index contributed by atoms with van der Waals surface area (Å²) in [6, 6.07) is 9.64. The van der Waals surface area contributed by atoms with Gasteiger partial charge in [-0.1, -0.05) is 30.3 Å². The number of rotatable bonds is 2. The Morgan fingerprint density at radius 2 is 1.90 bits per heavy atom. The zero-order chi connectivity index (χ0) is 14.7. The number of ether oxygens (including phenoxy) is 1. The number of likely N-dealkylation sites (tertiary alicyclic amines) is 1. The molecule has 2 heterocycles. The minimum absolute atomic E-state index is 0.153. The van der Waals surface area contributed by atoms with Crippen molar-refractivity contribution < 1.29 is 14.3 Å². The Labute approximate surface area is 124 Å². The molecule has 0 bridgehead atoms. The number of nitrogens with zero attached hydrogens (tertiary/aromatic N) is 1. The summed E-state index contributed by atoms with van der Waals surface area (Å²) in [5.41, 5.74) is 0.741. The number of hydrogen-bond donors (Lipinski definition) is 1. The largest absolute Gasteiger partial charge is 0.445 e. The van der Waals surface area contributed by atoms with Crippen molar-refractivity contribution in [1.29, 1.82) is 0 Å². The molecule has 0 aromatic heterocycles. The van der Waals surface area contributed by atoms with E-state index in [9.17, 15) is 9.59 Å². The molecule has 2 amide bonds. The lowest BCUT2D eigenvalue weighted by Crippen LogP contribution is -2.46. The second kappa shape index (κ2) is 5.76. The van der Waals surface area contributed by atoms with Crippen molar-refractivity contribution in [2.45, 2.75) is 25.9 Å². The Bertz CT molecular complexity index is 522. The summed E-state index contributed by atoms with van der Waals surface area (Å²) in [5, 5.41) is 2.90. The third kappa shape index (κ3) is 2.86. The van der Waals surface area contributed by atoms with Crippen LogP contribution in [0.15, 0.2) is 30.3 Å². The number of benzene rings is 1. The average molecular weight is 288 g/mol. The van der Waals surface area contributed by atoms with Crippen LogP contribution in [0.1, 0.15) is 24.8 Å². The molecular weight excluding hydrogens is 268 g/mol. The maximum atomic E-state index is 12.1. The number of hydrogen-bond acceptors (Lipinski definition) is 3. The zero-order valence-corrected chi connectivity index (χ0v) is 12.0. The van der Waals surface area contributed by atoms with Crippen LogP contribution in [0.4, 0.5) is 4.79 Å². The molecule has 1 aromatic carbocycles. The number of carbonyl (C=O) groups is 2. The van der Waals surface area contributed by atoms with Gasteiger partial charge in [0, 0.05) is 19.6 Å². The maximum absolute atomic E-state index is 12.1. The molecule has 112 valence electrons. The normalized spacial score (nSPS) is 20.4. The van der Waals surface area contributed by atoms with Crippen molar-refractivity contribution in [3.8, 4) is 0 Å². The summed E-state index contributed by atoms with van der Waals surface area (Å²) in [4.78, 5) is 25.7. The lowest BCUT2D eigenvalue weighted by Gasteiger charge is -2.36. The van der Waals surface area contributed by atoms with Gasteiger partial charge >= 0.3 is 6.09 Å². The van der Waals surface area contributed by atoms with Gasteiger partial charge in [0.25, 0.3) is 0 Å². The number of nitrogens with one attached hydrogen (secondary N) is 1. The maximum Gasteiger partial charge on any atom is 0.410 e. The lowest BCUT2D eigenvalue weighted by atomic mass is 9.77. The lowest BCUT2D eigenvalue weighted by molar-refractivity contribution is -0.129. The van der Waals surface area contributed by atoms with Gasteiger partial charge in [-0.3, -0.25) is 4.79 Å². The standard InChI is InChI=1S/C16H20N2O3/c19-14-16(6-9-17-14)7-10-18(11-8-16)15(20)21-12-13-4-2-1-3-5-13/h1-5H,6-12H2,(H,17,19). The Balaban J connectivity index is 1.50. The summed E-state index contributed by atoms with van der Waals surface area (Å²) < 4.78 is 5.33. The highest BCUT2D eigenvalue weighted by Gasteiger charge is 2.45. The highest BCUT2D eigenvalue weighted by atomic mass is 16.6. The molecule has 1 spiro atoms. The molecule has 2 saturated heterocycles. The topological polar surface area (TPSA) is 58.6 Å². The Morgan fingerprint density at radius 1 is 1.19 bits per heavy atom. The third-order valence-corrected chi connectivity index (χ3v) is 4.55. The van der Waals surface area contributed by atoms with Gasteiger partial charge in [-0.2, -0.15) is 0 Å². The second-order valence-corrected chi connectivity index (χ2v) is 5.81. The van der Waals surface area contributed by atoms with E-state index < -0.39 is 0 Å². The van der Waals surface area contributed by atoms with E-state index in [0.29, 0.717) is 19.7 Å². The number of amides is 2. The summed E-state index contributed by atoms with van der Waals surface area (Å²) in [6.45, 7) is 2.25. The fourth-order valence-electron chi connectivity index (χ4n) is 3.12. The quantitative estimate of drug-likeness (QED) is 0.904. The summed E-state index contributed by atoms with van der Waals surface area (Å²) in [5.74, 6) is 0.153. The van der Waals surface area contributed by atoms with Crippen LogP contribution in [0.3, 0.4) is 0 Å². The van der Waals surface area contributed by atoms with Gasteiger partial charge in [-0.05, 0) is 24.8 Å². The van der Waals surface area contributed by atoms with Crippen LogP contribution in [0.2, 0.25) is 0 Å². The van der Waals surface area contributed by atoms with E-state index in [-0.39, 0.29) is 17.4 Å². The molecule has 3 rings (SSSR count). The van der Waals surface area contributed by atoms with Crippen LogP contribution in [-0.2, 0) is 16.1 Å². The van der Waals surface area contributed by atoms with E-state index in [1.165, 1.54) is 0 Å². The molecule has 0 unspecified atom stereocenters. The highest BCUT2D eigenvalue weighted by Crippen LogP contribution is 2.38. The van der Waals surface area contributed by atoms with Crippen molar-refractivity contribution in [3.63, 3.8) is 0 Å². The van der Waals surface area contributed by atoms with Gasteiger partial charge in [0.05, 0.1) is 5.41 Å². The zero-order valence-electron chi connectivity index (χ0n) is 12.0. The Hall–Kier alpha value is -2.04. The first kappa shape index (κ1) is 13.9. The van der Waals surface area contributed by atoms with E-state index in [0.717, 1.165) is 31.4 Å². The molecule has 2 aliphatic rings. The fourth-order valence-corrected chi connectivity index (χ4v) is 3.12. The van der Waals surface area contributed by atoms with Crippen molar-refractivity contribution in [3.05, 3.63) is 35.9 Å². The minimum Gasteiger partial charge on any atom is -0.445 e. The number of piperidine rings is 1. The van der Waals surface area contributed by atoms with Gasteiger partial charge in [0.2, 0.25) is 5.91 Å². The molecule has 0 radical (unpaired) electrons. The monoisotopic (exact) mass is 288 g/mol. The average Bonchev–Trinajstić information content (AvgIpc) is 2.87. The van der Waals surface area contributed by atoms with E-state index in [1.807, 2.05) is 30.3 Å². The SMILES string of the molecule is O=C(OCc1ccccc1)N1CCC2(CCNC2=O)CC1. The molecule has 5 nitrogen and oxygen atoms in total. The van der Waals surface area contributed by atoms with Crippen molar-refractivity contribution in [2.24, 2.45) is 5.41 Å². The molecule has 0 aliphatic carbocycles. The van der Waals surface area contributed by atoms with Crippen LogP contribution in [-0.4, -0.2) is 36.5 Å². The third-order valence-electron chi connectivity index (χ3n) is 4.55. The highest BCUT2D eigenvalue weighted by molar-refractivity contribution is 5.85. The molecular formula is C16H20N2O3. The van der Waals surface area contributed by atoms with Crippen molar-refractivity contribution >= 4 is 12.0 Å². The van der Waals surface area contributed by atoms with Crippen molar-refractivity contribution in [1.82, 2.24) is 10.2 Å². The first-order valence-electron chi connectivity index (χ1n) is 7.44. The van der Waals surface area contributed by atoms with Crippen molar-refractivity contribution in [2.75, 3.05) is 19.6 Å². The van der Waals surface area contributed by atoms with Gasteiger partial charge < -0.3 is 15.0 Å². The molecule has 0 saturated carbocycles. The molecule has 21 heavy (non-hydrogen) atoms. The van der Waals surface area contributed by atoms with Gasteiger partial charge in [0.1, 0.15) is 6.61 Å². The predicted octanol–water partition coefficient (Wildman–Crippen LogP) is 1.93. The molecule has 2 aliphatic heterocycles. The molecule has 2 fully saturated rings. The van der Waals surface area contributed by atoms with E-state index in [1.54, 1.807) is 4.90 Å². The predicted molar refractivity (Wildman–Crippen MR) is 77.5 cm³/mol. The Kier molecular flexibility index (Phi) is 3.82. The molecule has 0 atom stereocenters. The Morgan fingerprint density at radius 3 is 2.52 bits per heavy atom. The van der Waals surface area contributed by atoms with Crippen LogP contribution >= 0.6 is 0 Å². The minimum atomic E-state index is -0.285. The summed E-state index contributed by atoms with van der Waals surface area (Å²) >= 11 is 0. The van der Waals surface area contributed by atoms with Crippen LogP contribution in [0.25, 0.3) is 0 Å². The first-order chi connectivity index (χ1) is 10.2. The van der Waals surface area contributed by atoms with Gasteiger partial charge in [0.15, 0.2) is 0 Å². The number of carbonyl (C=O) groups excluding carboxylic acids is 2.